The summed E-state index contributed by atoms with van der Waals surface area (Å²) in [7, 11) is 0. The van der Waals surface area contributed by atoms with Crippen molar-refractivity contribution in [2.45, 2.75) is 26.4 Å². The fourth-order valence-electron chi connectivity index (χ4n) is 2.79. The Labute approximate surface area is 158 Å². The molecule has 0 radical (unpaired) electrons. The number of carbonyl (C=O) groups excluding carboxylic acids is 2. The van der Waals surface area contributed by atoms with Gasteiger partial charge in [-0.05, 0) is 24.6 Å². The van der Waals surface area contributed by atoms with Crippen LogP contribution in [0, 0.1) is 0 Å². The van der Waals surface area contributed by atoms with Gasteiger partial charge in [-0.2, -0.15) is 0 Å². The van der Waals surface area contributed by atoms with Crippen LogP contribution in [-0.4, -0.2) is 21.4 Å². The van der Waals surface area contributed by atoms with Crippen molar-refractivity contribution in [2.24, 2.45) is 0 Å². The topological polar surface area (TPSA) is 76.0 Å². The lowest BCUT2D eigenvalue weighted by atomic mass is 10.1. The van der Waals surface area contributed by atoms with Gasteiger partial charge in [-0.3, -0.25) is 9.59 Å². The zero-order valence-electron chi connectivity index (χ0n) is 15.3. The number of imidazole rings is 1. The molecule has 3 rings (SSSR count). The molecular weight excluding hydrogens is 340 g/mol. The minimum absolute atomic E-state index is 0.107. The SMILES string of the molecule is CC(=O)NCc1cn(-c2ccccc2C(=O)N[C@H](C)c2ccccc2)cn1. The number of benzene rings is 2. The first-order valence-electron chi connectivity index (χ1n) is 8.77. The largest absolute Gasteiger partial charge is 0.351 e. The molecule has 6 nitrogen and oxygen atoms in total. The Bertz CT molecular complexity index is 934. The van der Waals surface area contributed by atoms with Gasteiger partial charge in [-0.1, -0.05) is 42.5 Å². The van der Waals surface area contributed by atoms with Crippen LogP contribution in [0.2, 0.25) is 0 Å². The van der Waals surface area contributed by atoms with Gasteiger partial charge in [0.1, 0.15) is 0 Å². The molecule has 0 saturated carbocycles. The van der Waals surface area contributed by atoms with Gasteiger partial charge in [0.25, 0.3) is 5.91 Å². The Morgan fingerprint density at radius 2 is 1.78 bits per heavy atom. The van der Waals surface area contributed by atoms with Crippen molar-refractivity contribution in [3.63, 3.8) is 0 Å². The lowest BCUT2D eigenvalue weighted by Crippen LogP contribution is -2.27. The second-order valence-corrected chi connectivity index (χ2v) is 6.30. The summed E-state index contributed by atoms with van der Waals surface area (Å²) in [5.41, 5.74) is 3.06. The molecule has 0 spiro atoms. The zero-order chi connectivity index (χ0) is 19.2. The maximum Gasteiger partial charge on any atom is 0.253 e. The molecule has 2 N–H and O–H groups in total. The average Bonchev–Trinajstić information content (AvgIpc) is 3.16. The van der Waals surface area contributed by atoms with E-state index in [-0.39, 0.29) is 17.9 Å². The molecule has 0 bridgehead atoms. The fourth-order valence-corrected chi connectivity index (χ4v) is 2.79. The molecule has 2 amide bonds. The van der Waals surface area contributed by atoms with E-state index in [9.17, 15) is 9.59 Å². The van der Waals surface area contributed by atoms with E-state index in [0.29, 0.717) is 12.1 Å². The lowest BCUT2D eigenvalue weighted by molar-refractivity contribution is -0.119. The molecular formula is C21H22N4O2. The van der Waals surface area contributed by atoms with Crippen molar-refractivity contribution in [3.05, 3.63) is 83.9 Å². The van der Waals surface area contributed by atoms with Crippen LogP contribution >= 0.6 is 0 Å². The van der Waals surface area contributed by atoms with E-state index in [1.807, 2.05) is 61.7 Å². The molecule has 3 aromatic rings. The van der Waals surface area contributed by atoms with Gasteiger partial charge >= 0.3 is 0 Å². The third-order valence-electron chi connectivity index (χ3n) is 4.23. The molecule has 0 unspecified atom stereocenters. The number of hydrogen-bond acceptors (Lipinski definition) is 3. The van der Waals surface area contributed by atoms with E-state index in [1.54, 1.807) is 17.0 Å². The highest BCUT2D eigenvalue weighted by atomic mass is 16.2. The summed E-state index contributed by atoms with van der Waals surface area (Å²) in [6, 6.07) is 17.1. The van der Waals surface area contributed by atoms with Crippen molar-refractivity contribution < 1.29 is 9.59 Å². The van der Waals surface area contributed by atoms with Crippen molar-refractivity contribution in [1.29, 1.82) is 0 Å². The van der Waals surface area contributed by atoms with Crippen LogP contribution in [0.5, 0.6) is 0 Å². The maximum absolute atomic E-state index is 12.8. The molecule has 27 heavy (non-hydrogen) atoms. The average molecular weight is 362 g/mol. The molecule has 2 aromatic carbocycles. The number of nitrogens with zero attached hydrogens (tertiary/aromatic N) is 2. The van der Waals surface area contributed by atoms with Crippen LogP contribution < -0.4 is 10.6 Å². The summed E-state index contributed by atoms with van der Waals surface area (Å²) >= 11 is 0. The van der Waals surface area contributed by atoms with E-state index in [1.165, 1.54) is 6.92 Å². The Balaban J connectivity index is 1.79. The molecule has 0 aliphatic rings. The quantitative estimate of drug-likeness (QED) is 0.708. The molecule has 6 heteroatoms. The van der Waals surface area contributed by atoms with Crippen LogP contribution in [0.4, 0.5) is 0 Å². The van der Waals surface area contributed by atoms with E-state index >= 15 is 0 Å². The highest BCUT2D eigenvalue weighted by Gasteiger charge is 2.16. The van der Waals surface area contributed by atoms with E-state index in [0.717, 1.165) is 16.9 Å². The van der Waals surface area contributed by atoms with E-state index in [4.69, 9.17) is 0 Å². The molecule has 1 atom stereocenters. The van der Waals surface area contributed by atoms with Crippen LogP contribution in [0.25, 0.3) is 5.69 Å². The van der Waals surface area contributed by atoms with Crippen molar-refractivity contribution in [2.75, 3.05) is 0 Å². The molecule has 1 heterocycles. The summed E-state index contributed by atoms with van der Waals surface area (Å²) in [5.74, 6) is -0.265. The second-order valence-electron chi connectivity index (χ2n) is 6.30. The van der Waals surface area contributed by atoms with Crippen LogP contribution in [-0.2, 0) is 11.3 Å². The minimum atomic E-state index is -0.154. The lowest BCUT2D eigenvalue weighted by Gasteiger charge is -2.16. The van der Waals surface area contributed by atoms with Gasteiger partial charge in [-0.15, -0.1) is 0 Å². The van der Waals surface area contributed by atoms with Crippen molar-refractivity contribution >= 4 is 11.8 Å². The fraction of sp³-hybridized carbons (Fsp3) is 0.190. The third kappa shape index (κ3) is 4.61. The minimum Gasteiger partial charge on any atom is -0.351 e. The first-order chi connectivity index (χ1) is 13.0. The molecule has 0 saturated heterocycles. The number of hydrogen-bond donors (Lipinski definition) is 2. The zero-order valence-corrected chi connectivity index (χ0v) is 15.3. The number of nitrogens with one attached hydrogen (secondary N) is 2. The number of amides is 2. The predicted octanol–water partition coefficient (Wildman–Crippen LogP) is 3.00. The van der Waals surface area contributed by atoms with Crippen LogP contribution in [0.1, 0.15) is 41.5 Å². The summed E-state index contributed by atoms with van der Waals surface area (Å²) < 4.78 is 1.79. The second kappa shape index (κ2) is 8.31. The van der Waals surface area contributed by atoms with Crippen molar-refractivity contribution in [3.8, 4) is 5.69 Å². The Morgan fingerprint density at radius 1 is 1.07 bits per heavy atom. The predicted molar refractivity (Wildman–Crippen MR) is 103 cm³/mol. The van der Waals surface area contributed by atoms with Crippen molar-refractivity contribution in [1.82, 2.24) is 20.2 Å². The molecule has 1 aromatic heterocycles. The Kier molecular flexibility index (Phi) is 5.66. The number of rotatable bonds is 6. The number of carbonyl (C=O) groups is 2. The Hall–Kier alpha value is -3.41. The highest BCUT2D eigenvalue weighted by Crippen LogP contribution is 2.18. The van der Waals surface area contributed by atoms with E-state index < -0.39 is 0 Å². The number of para-hydroxylation sites is 1. The first-order valence-corrected chi connectivity index (χ1v) is 8.77. The van der Waals surface area contributed by atoms with Gasteiger partial charge in [0, 0.05) is 13.1 Å². The molecule has 138 valence electrons. The number of aromatic nitrogens is 2. The summed E-state index contributed by atoms with van der Waals surface area (Å²) in [6.45, 7) is 3.77. The van der Waals surface area contributed by atoms with Gasteiger partial charge < -0.3 is 15.2 Å². The van der Waals surface area contributed by atoms with E-state index in [2.05, 4.69) is 15.6 Å². The summed E-state index contributed by atoms with van der Waals surface area (Å²) in [5, 5.41) is 5.75. The highest BCUT2D eigenvalue weighted by molar-refractivity contribution is 5.98. The van der Waals surface area contributed by atoms with Crippen LogP contribution in [0.15, 0.2) is 67.1 Å². The molecule has 0 aliphatic carbocycles. The summed E-state index contributed by atoms with van der Waals surface area (Å²) in [6.07, 6.45) is 3.45. The monoisotopic (exact) mass is 362 g/mol. The maximum atomic E-state index is 12.8. The third-order valence-corrected chi connectivity index (χ3v) is 4.23. The summed E-state index contributed by atoms with van der Waals surface area (Å²) in [4.78, 5) is 28.2. The normalized spacial score (nSPS) is 11.6. The standard InChI is InChI=1S/C21H22N4O2/c1-15(17-8-4-3-5-9-17)24-21(27)19-10-6-7-11-20(19)25-13-18(23-14-25)12-22-16(2)26/h3-11,13-15H,12H2,1-2H3,(H,22,26)(H,24,27)/t15-/m1/s1. The van der Waals surface area contributed by atoms with Crippen LogP contribution in [0.3, 0.4) is 0 Å². The smallest absolute Gasteiger partial charge is 0.253 e. The van der Waals surface area contributed by atoms with Gasteiger partial charge in [0.2, 0.25) is 5.91 Å². The Morgan fingerprint density at radius 3 is 2.52 bits per heavy atom. The molecule has 0 aliphatic heterocycles. The van der Waals surface area contributed by atoms with Gasteiger partial charge in [0.05, 0.1) is 35.9 Å². The van der Waals surface area contributed by atoms with Gasteiger partial charge in [-0.25, -0.2) is 4.98 Å². The first kappa shape index (κ1) is 18.4. The van der Waals surface area contributed by atoms with Gasteiger partial charge in [0.15, 0.2) is 0 Å². The molecule has 0 fully saturated rings.